The van der Waals surface area contributed by atoms with Gasteiger partial charge in [-0.1, -0.05) is 13.3 Å². The number of hydrogen-bond donors (Lipinski definition) is 0. The Hall–Kier alpha value is -0.870. The van der Waals surface area contributed by atoms with E-state index in [1.165, 1.54) is 11.0 Å². The molecule has 1 aromatic rings. The Balaban J connectivity index is 3.19. The largest absolute Gasteiger partial charge is 0.309 e. The molecule has 0 saturated heterocycles. The zero-order valence-electron chi connectivity index (χ0n) is 12.1. The van der Waals surface area contributed by atoms with Crippen LogP contribution < -0.4 is 4.90 Å². The molecule has 0 radical (unpaired) electrons. The van der Waals surface area contributed by atoms with Gasteiger partial charge in [-0.3, -0.25) is 4.79 Å². The van der Waals surface area contributed by atoms with Crippen molar-refractivity contribution in [3.63, 3.8) is 0 Å². The van der Waals surface area contributed by atoms with Gasteiger partial charge in [0.2, 0.25) is 5.91 Å². The second-order valence-electron chi connectivity index (χ2n) is 5.23. The minimum atomic E-state index is -0.988. The molecule has 1 rings (SSSR count). The van der Waals surface area contributed by atoms with E-state index in [0.29, 0.717) is 13.0 Å². The number of halogens is 4. The zero-order valence-corrected chi connectivity index (χ0v) is 13.6. The first-order valence-corrected chi connectivity index (χ1v) is 7.85. The maximum atomic E-state index is 14.0. The molecule has 21 heavy (non-hydrogen) atoms. The number of rotatable bonds is 7. The number of alkyl halides is 2. The van der Waals surface area contributed by atoms with Crippen LogP contribution in [-0.4, -0.2) is 24.2 Å². The topological polar surface area (TPSA) is 20.3 Å². The van der Waals surface area contributed by atoms with Crippen LogP contribution in [0.3, 0.4) is 0 Å². The maximum Gasteiger partial charge on any atom is 0.235 e. The molecule has 6 heteroatoms. The van der Waals surface area contributed by atoms with E-state index in [2.05, 4.69) is 0 Å². The summed E-state index contributed by atoms with van der Waals surface area (Å²) < 4.78 is 27.0. The summed E-state index contributed by atoms with van der Waals surface area (Å²) in [7, 11) is 0. The van der Waals surface area contributed by atoms with Gasteiger partial charge in [0.15, 0.2) is 0 Å². The van der Waals surface area contributed by atoms with Crippen LogP contribution in [0.15, 0.2) is 18.2 Å². The number of carbonyl (C=O) groups excluding carboxylic acids is 1. The smallest absolute Gasteiger partial charge is 0.235 e. The third-order valence-corrected chi connectivity index (χ3v) is 4.47. The summed E-state index contributed by atoms with van der Waals surface area (Å²) in [6.45, 7) is 3.93. The van der Waals surface area contributed by atoms with E-state index in [1.807, 2.05) is 6.92 Å². The number of carbonyl (C=O) groups is 1. The Morgan fingerprint density at radius 2 is 1.90 bits per heavy atom. The Labute approximate surface area is 134 Å². The van der Waals surface area contributed by atoms with E-state index < -0.39 is 17.0 Å². The molecule has 0 aromatic heterocycles. The monoisotopic (exact) mass is 337 g/mol. The highest BCUT2D eigenvalue weighted by Crippen LogP contribution is 2.29. The van der Waals surface area contributed by atoms with E-state index in [1.54, 1.807) is 6.92 Å². The van der Waals surface area contributed by atoms with Crippen molar-refractivity contribution in [1.29, 1.82) is 0 Å². The molecule has 0 spiro atoms. The van der Waals surface area contributed by atoms with E-state index in [9.17, 15) is 13.6 Å². The van der Waals surface area contributed by atoms with Crippen LogP contribution in [0.2, 0.25) is 0 Å². The predicted octanol–water partition coefficient (Wildman–Crippen LogP) is 4.58. The van der Waals surface area contributed by atoms with Crippen molar-refractivity contribution < 1.29 is 13.6 Å². The summed E-state index contributed by atoms with van der Waals surface area (Å²) in [6.07, 6.45) is 1.54. The van der Waals surface area contributed by atoms with Crippen molar-refractivity contribution in [3.8, 4) is 0 Å². The van der Waals surface area contributed by atoms with Crippen molar-refractivity contribution >= 4 is 34.8 Å². The third-order valence-electron chi connectivity index (χ3n) is 3.29. The molecule has 0 saturated carbocycles. The first-order valence-electron chi connectivity index (χ1n) is 6.78. The van der Waals surface area contributed by atoms with Crippen molar-refractivity contribution in [2.24, 2.45) is 5.41 Å². The fourth-order valence-corrected chi connectivity index (χ4v) is 2.34. The van der Waals surface area contributed by atoms with Crippen molar-refractivity contribution in [3.05, 3.63) is 29.8 Å². The quantitative estimate of drug-likeness (QED) is 0.667. The lowest BCUT2D eigenvalue weighted by molar-refractivity contribution is -0.125. The summed E-state index contributed by atoms with van der Waals surface area (Å²) in [6, 6.07) is 3.16. The Kier molecular flexibility index (Phi) is 6.88. The number of nitrogens with zero attached hydrogens (tertiary/aromatic N) is 1. The van der Waals surface area contributed by atoms with Gasteiger partial charge in [0, 0.05) is 24.4 Å². The van der Waals surface area contributed by atoms with Crippen molar-refractivity contribution in [2.45, 2.75) is 26.7 Å². The van der Waals surface area contributed by atoms with Crippen LogP contribution in [0.4, 0.5) is 14.5 Å². The summed E-state index contributed by atoms with van der Waals surface area (Å²) in [4.78, 5) is 14.0. The van der Waals surface area contributed by atoms with E-state index >= 15 is 0 Å². The standard InChI is InChI=1S/C15H19Cl2F2NO/c1-3-4-7-20(14(21)15(2,9-16)10-17)13-6-5-11(18)8-12(13)19/h5-6,8H,3-4,7,9-10H2,1-2H3. The van der Waals surface area contributed by atoms with Gasteiger partial charge in [-0.25, -0.2) is 8.78 Å². The van der Waals surface area contributed by atoms with E-state index in [0.717, 1.165) is 18.6 Å². The highest BCUT2D eigenvalue weighted by molar-refractivity contribution is 6.24. The van der Waals surface area contributed by atoms with Crippen LogP contribution in [0.1, 0.15) is 26.7 Å². The van der Waals surface area contributed by atoms with Crippen molar-refractivity contribution in [1.82, 2.24) is 0 Å². The SMILES string of the molecule is CCCCN(C(=O)C(C)(CCl)CCl)c1ccc(F)cc1F. The number of benzene rings is 1. The molecule has 0 bridgehead atoms. The number of anilines is 1. The fourth-order valence-electron chi connectivity index (χ4n) is 1.82. The van der Waals surface area contributed by atoms with Crippen LogP contribution >= 0.6 is 23.2 Å². The highest BCUT2D eigenvalue weighted by Gasteiger charge is 2.36. The molecule has 0 unspecified atom stereocenters. The Morgan fingerprint density at radius 1 is 1.29 bits per heavy atom. The maximum absolute atomic E-state index is 14.0. The van der Waals surface area contributed by atoms with Crippen LogP contribution in [0, 0.1) is 17.0 Å². The van der Waals surface area contributed by atoms with Crippen LogP contribution in [-0.2, 0) is 4.79 Å². The minimum Gasteiger partial charge on any atom is -0.309 e. The average Bonchev–Trinajstić information content (AvgIpc) is 2.48. The van der Waals surface area contributed by atoms with Crippen molar-refractivity contribution in [2.75, 3.05) is 23.2 Å². The molecular weight excluding hydrogens is 319 g/mol. The molecule has 0 fully saturated rings. The van der Waals surface area contributed by atoms with Crippen LogP contribution in [0.25, 0.3) is 0 Å². The first kappa shape index (κ1) is 18.2. The van der Waals surface area contributed by atoms with Crippen LogP contribution in [0.5, 0.6) is 0 Å². The average molecular weight is 338 g/mol. The molecule has 0 heterocycles. The number of unbranched alkanes of at least 4 members (excludes halogenated alkanes) is 1. The lowest BCUT2D eigenvalue weighted by Crippen LogP contribution is -2.45. The van der Waals surface area contributed by atoms with Gasteiger partial charge >= 0.3 is 0 Å². The second kappa shape index (κ2) is 7.95. The number of hydrogen-bond acceptors (Lipinski definition) is 1. The number of amides is 1. The second-order valence-corrected chi connectivity index (χ2v) is 5.77. The third kappa shape index (κ3) is 4.30. The minimum absolute atomic E-state index is 0.0285. The molecule has 0 aliphatic rings. The molecule has 0 N–H and O–H groups in total. The summed E-state index contributed by atoms with van der Waals surface area (Å²) in [5.41, 5.74) is -0.936. The lowest BCUT2D eigenvalue weighted by Gasteiger charge is -2.32. The van der Waals surface area contributed by atoms with Gasteiger partial charge in [-0.15, -0.1) is 23.2 Å². The first-order chi connectivity index (χ1) is 9.89. The molecule has 1 aromatic carbocycles. The molecule has 118 valence electrons. The van der Waals surface area contributed by atoms with E-state index in [4.69, 9.17) is 23.2 Å². The predicted molar refractivity (Wildman–Crippen MR) is 83.2 cm³/mol. The van der Waals surface area contributed by atoms with Gasteiger partial charge in [0.05, 0.1) is 11.1 Å². The Morgan fingerprint density at radius 3 is 2.38 bits per heavy atom. The molecule has 1 amide bonds. The van der Waals surface area contributed by atoms with Gasteiger partial charge in [0.1, 0.15) is 11.6 Å². The normalized spacial score (nSPS) is 11.5. The fraction of sp³-hybridized carbons (Fsp3) is 0.533. The summed E-state index contributed by atoms with van der Waals surface area (Å²) in [5, 5.41) is 0. The lowest BCUT2D eigenvalue weighted by atomic mass is 9.93. The molecule has 2 nitrogen and oxygen atoms in total. The van der Waals surface area contributed by atoms with Gasteiger partial charge in [0.25, 0.3) is 0 Å². The van der Waals surface area contributed by atoms with E-state index in [-0.39, 0.29) is 23.4 Å². The summed E-state index contributed by atoms with van der Waals surface area (Å²) >= 11 is 11.7. The van der Waals surface area contributed by atoms with Gasteiger partial charge in [-0.2, -0.15) is 0 Å². The highest BCUT2D eigenvalue weighted by atomic mass is 35.5. The van der Waals surface area contributed by atoms with Gasteiger partial charge in [-0.05, 0) is 25.5 Å². The summed E-state index contributed by atoms with van der Waals surface area (Å²) in [5.74, 6) is -1.75. The molecule has 0 atom stereocenters. The molecular formula is C15H19Cl2F2NO. The molecule has 0 aliphatic heterocycles. The molecule has 0 aliphatic carbocycles. The van der Waals surface area contributed by atoms with Gasteiger partial charge < -0.3 is 4.90 Å². The Bertz CT molecular complexity index is 493. The zero-order chi connectivity index (χ0) is 16.0.